The van der Waals surface area contributed by atoms with Crippen LogP contribution < -0.4 is 5.73 Å². The third-order valence-electron chi connectivity index (χ3n) is 2.06. The van der Waals surface area contributed by atoms with E-state index in [4.69, 9.17) is 17.3 Å². The van der Waals surface area contributed by atoms with Crippen molar-refractivity contribution in [2.75, 3.05) is 0 Å². The second-order valence-electron chi connectivity index (χ2n) is 3.37. The molecule has 0 radical (unpaired) electrons. The third kappa shape index (κ3) is 6.60. The van der Waals surface area contributed by atoms with Crippen molar-refractivity contribution in [3.63, 3.8) is 0 Å². The molecule has 2 aromatic carbocycles. The molecular formula is C14H13Cl2NO2. The normalized spacial score (nSPS) is 8.47. The summed E-state index contributed by atoms with van der Waals surface area (Å²) < 4.78 is 0. The van der Waals surface area contributed by atoms with Crippen LogP contribution in [0.3, 0.4) is 0 Å². The van der Waals surface area contributed by atoms with Crippen molar-refractivity contribution >= 4 is 35.2 Å². The zero-order chi connectivity index (χ0) is 13.4. The van der Waals surface area contributed by atoms with Gasteiger partial charge in [-0.05, 0) is 23.7 Å². The van der Waals surface area contributed by atoms with E-state index >= 15 is 0 Å². The zero-order valence-electron chi connectivity index (χ0n) is 9.95. The number of amides is 1. The van der Waals surface area contributed by atoms with Crippen LogP contribution in [0.2, 0.25) is 0 Å². The molecule has 0 atom stereocenters. The Labute approximate surface area is 122 Å². The summed E-state index contributed by atoms with van der Waals surface area (Å²) in [5, 5.41) is -0.407. The summed E-state index contributed by atoms with van der Waals surface area (Å²) in [4.78, 5) is 20.8. The smallest absolute Gasteiger partial charge is 0.252 e. The summed E-state index contributed by atoms with van der Waals surface area (Å²) in [6.07, 6.45) is 0. The number of benzene rings is 2. The van der Waals surface area contributed by atoms with E-state index in [1.54, 1.807) is 48.5 Å². The molecule has 0 saturated carbocycles. The molecule has 1 amide bonds. The Morgan fingerprint density at radius 3 is 1.37 bits per heavy atom. The van der Waals surface area contributed by atoms with Gasteiger partial charge < -0.3 is 5.73 Å². The molecule has 2 aromatic rings. The van der Waals surface area contributed by atoms with Gasteiger partial charge in [-0.2, -0.15) is 0 Å². The molecule has 0 bridgehead atoms. The predicted octanol–water partition coefficient (Wildman–Crippen LogP) is 3.27. The Hall–Kier alpha value is -1.84. The van der Waals surface area contributed by atoms with E-state index in [-0.39, 0.29) is 18.3 Å². The Balaban J connectivity index is 0.000000324. The number of carbonyl (C=O) groups excluding carboxylic acids is 2. The monoisotopic (exact) mass is 297 g/mol. The molecule has 3 nitrogen and oxygen atoms in total. The average Bonchev–Trinajstić information content (AvgIpc) is 2.41. The zero-order valence-corrected chi connectivity index (χ0v) is 11.5. The minimum absolute atomic E-state index is 0. The number of rotatable bonds is 2. The highest BCUT2D eigenvalue weighted by Crippen LogP contribution is 2.01. The predicted molar refractivity (Wildman–Crippen MR) is 78.8 cm³/mol. The quantitative estimate of drug-likeness (QED) is 0.865. The van der Waals surface area contributed by atoms with Crippen LogP contribution in [0.5, 0.6) is 0 Å². The van der Waals surface area contributed by atoms with E-state index in [0.29, 0.717) is 11.1 Å². The van der Waals surface area contributed by atoms with Crippen LogP contribution >= 0.6 is 24.0 Å². The fourth-order valence-electron chi connectivity index (χ4n) is 1.17. The number of hydrogen-bond acceptors (Lipinski definition) is 2. The van der Waals surface area contributed by atoms with Crippen LogP contribution in [0.15, 0.2) is 60.7 Å². The lowest BCUT2D eigenvalue weighted by atomic mass is 10.2. The van der Waals surface area contributed by atoms with Crippen molar-refractivity contribution in [2.45, 2.75) is 0 Å². The van der Waals surface area contributed by atoms with E-state index in [1.165, 1.54) is 0 Å². The van der Waals surface area contributed by atoms with Crippen molar-refractivity contribution in [3.05, 3.63) is 71.8 Å². The van der Waals surface area contributed by atoms with Crippen LogP contribution in [0, 0.1) is 0 Å². The fourth-order valence-corrected chi connectivity index (χ4v) is 1.30. The van der Waals surface area contributed by atoms with Gasteiger partial charge in [-0.3, -0.25) is 9.59 Å². The number of halogens is 2. The van der Waals surface area contributed by atoms with Crippen molar-refractivity contribution in [2.24, 2.45) is 5.73 Å². The van der Waals surface area contributed by atoms with Gasteiger partial charge in [0.05, 0.1) is 0 Å². The highest BCUT2D eigenvalue weighted by atomic mass is 35.5. The molecule has 0 fully saturated rings. The summed E-state index contributed by atoms with van der Waals surface area (Å²) in [7, 11) is 0. The summed E-state index contributed by atoms with van der Waals surface area (Å²) in [5.74, 6) is -0.379. The molecule has 0 aliphatic heterocycles. The topological polar surface area (TPSA) is 60.2 Å². The first-order valence-corrected chi connectivity index (χ1v) is 5.59. The van der Waals surface area contributed by atoms with E-state index in [9.17, 15) is 9.59 Å². The number of nitrogens with two attached hydrogens (primary N) is 1. The first-order chi connectivity index (χ1) is 8.61. The highest BCUT2D eigenvalue weighted by Gasteiger charge is 1.96. The van der Waals surface area contributed by atoms with E-state index in [2.05, 4.69) is 0 Å². The summed E-state index contributed by atoms with van der Waals surface area (Å²) in [6.45, 7) is 0. The van der Waals surface area contributed by atoms with Crippen LogP contribution in [0.1, 0.15) is 20.7 Å². The van der Waals surface area contributed by atoms with Crippen LogP contribution in [-0.4, -0.2) is 11.1 Å². The number of carbonyl (C=O) groups is 2. The van der Waals surface area contributed by atoms with Gasteiger partial charge in [0.25, 0.3) is 5.24 Å². The van der Waals surface area contributed by atoms with Crippen molar-refractivity contribution in [1.82, 2.24) is 0 Å². The molecule has 100 valence electrons. The molecule has 0 aliphatic carbocycles. The molecule has 0 saturated heterocycles. The molecule has 19 heavy (non-hydrogen) atoms. The van der Waals surface area contributed by atoms with Gasteiger partial charge in [0.2, 0.25) is 5.91 Å². The second-order valence-corrected chi connectivity index (χ2v) is 3.71. The molecule has 0 heterocycles. The standard InChI is InChI=1S/C7H5ClO.C7H7NO.ClH/c2*8-7(9)6-4-2-1-3-5-6;/h1-5H;1-5H,(H2,8,9);1H. The lowest BCUT2D eigenvalue weighted by Crippen LogP contribution is -2.09. The van der Waals surface area contributed by atoms with Gasteiger partial charge in [-0.15, -0.1) is 12.4 Å². The van der Waals surface area contributed by atoms with Crippen LogP contribution in [0.25, 0.3) is 0 Å². The van der Waals surface area contributed by atoms with Gasteiger partial charge in [-0.1, -0.05) is 48.5 Å². The van der Waals surface area contributed by atoms with Crippen molar-refractivity contribution < 1.29 is 9.59 Å². The molecule has 0 spiro atoms. The maximum absolute atomic E-state index is 10.4. The second kappa shape index (κ2) is 9.14. The highest BCUT2D eigenvalue weighted by molar-refractivity contribution is 6.67. The van der Waals surface area contributed by atoms with E-state index in [1.807, 2.05) is 12.1 Å². The molecule has 5 heteroatoms. The fraction of sp³-hybridized carbons (Fsp3) is 0. The maximum atomic E-state index is 10.4. The Morgan fingerprint density at radius 1 is 0.789 bits per heavy atom. The van der Waals surface area contributed by atoms with E-state index in [0.717, 1.165) is 0 Å². The Morgan fingerprint density at radius 2 is 1.16 bits per heavy atom. The number of primary amides is 1. The average molecular weight is 298 g/mol. The lowest BCUT2D eigenvalue weighted by Gasteiger charge is -1.89. The maximum Gasteiger partial charge on any atom is 0.252 e. The van der Waals surface area contributed by atoms with Crippen LogP contribution in [0.4, 0.5) is 0 Å². The SMILES string of the molecule is Cl.NC(=O)c1ccccc1.O=C(Cl)c1ccccc1. The molecule has 2 rings (SSSR count). The lowest BCUT2D eigenvalue weighted by molar-refractivity contribution is 0.0999. The van der Waals surface area contributed by atoms with Crippen molar-refractivity contribution in [3.8, 4) is 0 Å². The number of hydrogen-bond donors (Lipinski definition) is 1. The minimum atomic E-state index is -0.407. The third-order valence-corrected chi connectivity index (χ3v) is 2.28. The van der Waals surface area contributed by atoms with Gasteiger partial charge in [0.15, 0.2) is 0 Å². The minimum Gasteiger partial charge on any atom is -0.366 e. The van der Waals surface area contributed by atoms with Crippen molar-refractivity contribution in [1.29, 1.82) is 0 Å². The summed E-state index contributed by atoms with van der Waals surface area (Å²) >= 11 is 5.16. The van der Waals surface area contributed by atoms with E-state index < -0.39 is 5.24 Å². The first kappa shape index (κ1) is 17.2. The van der Waals surface area contributed by atoms with Gasteiger partial charge in [0.1, 0.15) is 0 Å². The van der Waals surface area contributed by atoms with Gasteiger partial charge in [-0.25, -0.2) is 0 Å². The Bertz CT molecular complexity index is 466. The summed E-state index contributed by atoms with van der Waals surface area (Å²) in [5.41, 5.74) is 6.07. The Kier molecular flexibility index (Phi) is 8.25. The molecule has 0 aromatic heterocycles. The van der Waals surface area contributed by atoms with Gasteiger partial charge >= 0.3 is 0 Å². The summed E-state index contributed by atoms with van der Waals surface area (Å²) in [6, 6.07) is 17.5. The molecule has 0 unspecified atom stereocenters. The molecule has 2 N–H and O–H groups in total. The first-order valence-electron chi connectivity index (χ1n) is 5.21. The largest absolute Gasteiger partial charge is 0.366 e. The molecular weight excluding hydrogens is 285 g/mol. The van der Waals surface area contributed by atoms with Crippen LogP contribution in [-0.2, 0) is 0 Å². The van der Waals surface area contributed by atoms with Gasteiger partial charge in [0, 0.05) is 11.1 Å². The molecule has 0 aliphatic rings.